The van der Waals surface area contributed by atoms with Crippen LogP contribution in [-0.4, -0.2) is 35.7 Å². The summed E-state index contributed by atoms with van der Waals surface area (Å²) < 4.78 is 70.4. The van der Waals surface area contributed by atoms with Crippen LogP contribution in [0, 0.1) is 23.4 Å². The maximum absolute atomic E-state index is 15.3. The predicted octanol–water partition coefficient (Wildman–Crippen LogP) is 4.23. The van der Waals surface area contributed by atoms with Crippen LogP contribution in [0.1, 0.15) is 28.8 Å². The van der Waals surface area contributed by atoms with E-state index in [0.717, 1.165) is 49.2 Å². The monoisotopic (exact) mass is 501 g/mol. The topological polar surface area (TPSA) is 117 Å². The third-order valence-corrected chi connectivity index (χ3v) is 7.04. The lowest BCUT2D eigenvalue weighted by atomic mass is 10.0. The fourth-order valence-corrected chi connectivity index (χ4v) is 4.69. The average Bonchev–Trinajstić information content (AvgIpc) is 3.56. The number of anilines is 2. The molecule has 5 rings (SSSR count). The van der Waals surface area contributed by atoms with Crippen molar-refractivity contribution in [1.29, 1.82) is 0 Å². The maximum Gasteiger partial charge on any atom is 0.261 e. The molecule has 0 radical (unpaired) electrons. The average molecular weight is 501 g/mol. The molecule has 35 heavy (non-hydrogen) atoms. The summed E-state index contributed by atoms with van der Waals surface area (Å²) in [6.07, 6.45) is 4.74. The van der Waals surface area contributed by atoms with E-state index < -0.39 is 44.5 Å². The molecule has 3 N–H and O–H groups in total. The summed E-state index contributed by atoms with van der Waals surface area (Å²) in [5.41, 5.74) is -1.35. The van der Waals surface area contributed by atoms with Crippen LogP contribution >= 0.6 is 0 Å². The Balaban J connectivity index is 1.52. The van der Waals surface area contributed by atoms with Crippen LogP contribution in [-0.2, 0) is 10.0 Å². The molecule has 0 atom stereocenters. The highest BCUT2D eigenvalue weighted by Gasteiger charge is 2.28. The summed E-state index contributed by atoms with van der Waals surface area (Å²) in [5, 5.41) is 3.42. The summed E-state index contributed by atoms with van der Waals surface area (Å²) in [5.74, 6) is -3.38. The van der Waals surface area contributed by atoms with Gasteiger partial charge in [-0.25, -0.2) is 31.6 Å². The van der Waals surface area contributed by atoms with Crippen molar-refractivity contribution in [2.45, 2.75) is 17.7 Å². The van der Waals surface area contributed by atoms with Crippen molar-refractivity contribution < 1.29 is 26.4 Å². The molecule has 0 bridgehead atoms. The maximum atomic E-state index is 15.3. The highest BCUT2D eigenvalue weighted by atomic mass is 32.2. The van der Waals surface area contributed by atoms with E-state index in [2.05, 4.69) is 20.3 Å². The number of nitrogens with one attached hydrogen (secondary N) is 3. The van der Waals surface area contributed by atoms with Gasteiger partial charge < -0.3 is 10.3 Å². The summed E-state index contributed by atoms with van der Waals surface area (Å²) in [6, 6.07) is 5.50. The Bertz CT molecular complexity index is 1550. The third-order valence-electron chi connectivity index (χ3n) is 5.66. The lowest BCUT2D eigenvalue weighted by Gasteiger charge is -2.12. The first-order chi connectivity index (χ1) is 16.7. The standard InChI is InChI=1S/C23H18F3N5O3S/c24-13-3-5-14(6-4-13)35(33,34)31-17-8-7-16(25)19(20(17)26)21(32)15-10-28-23-18(15)22(29-11-30-23)27-9-12-1-2-12/h3-8,10-12,31H,1-2,9H2,(H2,27,28,29,30). The van der Waals surface area contributed by atoms with Gasteiger partial charge in [-0.2, -0.15) is 0 Å². The number of H-pyrrole nitrogens is 1. The SMILES string of the molecule is O=C(c1c(F)ccc(NS(=O)(=O)c2ccc(F)cc2)c1F)c1c[nH]c2ncnc(NCC3CC3)c12. The third kappa shape index (κ3) is 4.44. The van der Waals surface area contributed by atoms with E-state index in [1.54, 1.807) is 0 Å². The van der Waals surface area contributed by atoms with Crippen LogP contribution < -0.4 is 10.0 Å². The van der Waals surface area contributed by atoms with Crippen molar-refractivity contribution in [3.05, 3.63) is 77.5 Å². The Morgan fingerprint density at radius 1 is 1.06 bits per heavy atom. The van der Waals surface area contributed by atoms with Crippen LogP contribution in [0.15, 0.2) is 53.8 Å². The largest absolute Gasteiger partial charge is 0.369 e. The summed E-state index contributed by atoms with van der Waals surface area (Å²) in [6.45, 7) is 0.633. The van der Waals surface area contributed by atoms with E-state index in [-0.39, 0.29) is 15.8 Å². The van der Waals surface area contributed by atoms with E-state index in [1.807, 2.05) is 4.72 Å². The Morgan fingerprint density at radius 3 is 2.51 bits per heavy atom. The minimum atomic E-state index is -4.34. The van der Waals surface area contributed by atoms with Gasteiger partial charge in [0.05, 0.1) is 27.1 Å². The van der Waals surface area contributed by atoms with Gasteiger partial charge in [-0.1, -0.05) is 0 Å². The van der Waals surface area contributed by atoms with Crippen LogP contribution in [0.25, 0.3) is 11.0 Å². The van der Waals surface area contributed by atoms with Crippen molar-refractivity contribution in [2.24, 2.45) is 5.92 Å². The Morgan fingerprint density at radius 2 is 1.80 bits per heavy atom. The summed E-state index contributed by atoms with van der Waals surface area (Å²) >= 11 is 0. The number of benzene rings is 2. The molecule has 0 unspecified atom stereocenters. The van der Waals surface area contributed by atoms with Crippen LogP contribution in [0.3, 0.4) is 0 Å². The molecule has 1 aliphatic rings. The number of aromatic nitrogens is 3. The van der Waals surface area contributed by atoms with E-state index >= 15 is 4.39 Å². The van der Waals surface area contributed by atoms with Crippen molar-refractivity contribution >= 4 is 38.3 Å². The number of sulfonamides is 1. The minimum absolute atomic E-state index is 0.0739. The number of rotatable bonds is 8. The fourth-order valence-electron chi connectivity index (χ4n) is 3.63. The lowest BCUT2D eigenvalue weighted by molar-refractivity contribution is 0.103. The van der Waals surface area contributed by atoms with Gasteiger partial charge >= 0.3 is 0 Å². The van der Waals surface area contributed by atoms with Crippen LogP contribution in [0.5, 0.6) is 0 Å². The predicted molar refractivity (Wildman–Crippen MR) is 122 cm³/mol. The number of aromatic amines is 1. The zero-order chi connectivity index (χ0) is 24.7. The molecule has 2 aromatic carbocycles. The van der Waals surface area contributed by atoms with E-state index in [9.17, 15) is 22.0 Å². The van der Waals surface area contributed by atoms with E-state index in [0.29, 0.717) is 23.9 Å². The second-order valence-corrected chi connectivity index (χ2v) is 9.83. The van der Waals surface area contributed by atoms with Crippen molar-refractivity contribution in [3.8, 4) is 0 Å². The lowest BCUT2D eigenvalue weighted by Crippen LogP contribution is -2.16. The quantitative estimate of drug-likeness (QED) is 0.311. The zero-order valence-corrected chi connectivity index (χ0v) is 18.8. The number of ketones is 1. The number of fused-ring (bicyclic) bond motifs is 1. The van der Waals surface area contributed by atoms with Gasteiger partial charge in [0, 0.05) is 12.7 Å². The molecule has 1 aliphatic carbocycles. The van der Waals surface area contributed by atoms with Gasteiger partial charge in [0.1, 0.15) is 29.4 Å². The Hall–Kier alpha value is -3.93. The highest BCUT2D eigenvalue weighted by Crippen LogP contribution is 2.32. The number of nitrogens with zero attached hydrogens (tertiary/aromatic N) is 2. The highest BCUT2D eigenvalue weighted by molar-refractivity contribution is 7.92. The first-order valence-electron chi connectivity index (χ1n) is 10.6. The molecule has 0 saturated heterocycles. The van der Waals surface area contributed by atoms with Gasteiger partial charge in [-0.15, -0.1) is 0 Å². The van der Waals surface area contributed by atoms with Gasteiger partial charge in [0.15, 0.2) is 5.82 Å². The van der Waals surface area contributed by atoms with Crippen LogP contribution in [0.4, 0.5) is 24.7 Å². The zero-order valence-electron chi connectivity index (χ0n) is 18.0. The second-order valence-electron chi connectivity index (χ2n) is 8.14. The molecule has 0 aliphatic heterocycles. The molecule has 8 nitrogen and oxygen atoms in total. The van der Waals surface area contributed by atoms with Crippen molar-refractivity contribution in [2.75, 3.05) is 16.6 Å². The van der Waals surface area contributed by atoms with Gasteiger partial charge in [-0.3, -0.25) is 9.52 Å². The second kappa shape index (κ2) is 8.69. The molecule has 2 aromatic heterocycles. The minimum Gasteiger partial charge on any atom is -0.369 e. The number of hydrogen-bond donors (Lipinski definition) is 3. The molecule has 1 saturated carbocycles. The normalized spacial score (nSPS) is 13.7. The molecule has 2 heterocycles. The van der Waals surface area contributed by atoms with Gasteiger partial charge in [0.25, 0.3) is 10.0 Å². The van der Waals surface area contributed by atoms with E-state index in [4.69, 9.17) is 0 Å². The summed E-state index contributed by atoms with van der Waals surface area (Å²) in [4.78, 5) is 24.0. The van der Waals surface area contributed by atoms with Gasteiger partial charge in [-0.05, 0) is 55.2 Å². The van der Waals surface area contributed by atoms with E-state index in [1.165, 1.54) is 12.5 Å². The molecule has 180 valence electrons. The fraction of sp³-hybridized carbons (Fsp3) is 0.174. The molecular formula is C23H18F3N5O3S. The first-order valence-corrected chi connectivity index (χ1v) is 12.1. The number of halogens is 3. The first kappa shape index (κ1) is 22.8. The Labute approximate surface area is 197 Å². The Kier molecular flexibility index (Phi) is 5.67. The van der Waals surface area contributed by atoms with Crippen LogP contribution in [0.2, 0.25) is 0 Å². The summed E-state index contributed by atoms with van der Waals surface area (Å²) in [7, 11) is -4.34. The number of hydrogen-bond acceptors (Lipinski definition) is 6. The molecule has 0 spiro atoms. The molecule has 12 heteroatoms. The molecule has 4 aromatic rings. The number of carbonyl (C=O) groups is 1. The smallest absolute Gasteiger partial charge is 0.261 e. The molecule has 0 amide bonds. The molecule has 1 fully saturated rings. The van der Waals surface area contributed by atoms with Crippen molar-refractivity contribution in [1.82, 2.24) is 15.0 Å². The van der Waals surface area contributed by atoms with Crippen molar-refractivity contribution in [3.63, 3.8) is 0 Å². The molecular weight excluding hydrogens is 483 g/mol. The van der Waals surface area contributed by atoms with Gasteiger partial charge in [0.2, 0.25) is 5.78 Å². The number of carbonyl (C=O) groups excluding carboxylic acids is 1.